The number of hydrogen-bond acceptors (Lipinski definition) is 3. The molecule has 0 aromatic heterocycles. The zero-order valence-corrected chi connectivity index (χ0v) is 12.2. The fraction of sp³-hybridized carbons (Fsp3) is 0.235. The molecule has 21 heavy (non-hydrogen) atoms. The Balaban J connectivity index is 2.32. The summed E-state index contributed by atoms with van der Waals surface area (Å²) in [6.45, 7) is 2.35. The van der Waals surface area contributed by atoms with E-state index in [2.05, 4.69) is 6.07 Å². The van der Waals surface area contributed by atoms with E-state index in [-0.39, 0.29) is 11.9 Å². The van der Waals surface area contributed by atoms with Crippen molar-refractivity contribution in [2.24, 2.45) is 5.73 Å². The van der Waals surface area contributed by atoms with Crippen molar-refractivity contribution in [2.45, 2.75) is 19.5 Å². The molecule has 0 aliphatic rings. The highest BCUT2D eigenvalue weighted by Gasteiger charge is 2.15. The number of rotatable bonds is 4. The lowest BCUT2D eigenvalue weighted by Gasteiger charge is -2.24. The van der Waals surface area contributed by atoms with Crippen LogP contribution < -0.4 is 10.6 Å². The van der Waals surface area contributed by atoms with Crippen molar-refractivity contribution >= 4 is 5.69 Å². The molecule has 0 aliphatic heterocycles. The van der Waals surface area contributed by atoms with Gasteiger partial charge in [0.15, 0.2) is 0 Å². The van der Waals surface area contributed by atoms with Gasteiger partial charge in [0.1, 0.15) is 5.82 Å². The molecule has 0 fully saturated rings. The zero-order chi connectivity index (χ0) is 15.4. The average Bonchev–Trinajstić information content (AvgIpc) is 2.46. The summed E-state index contributed by atoms with van der Waals surface area (Å²) in [5.74, 6) is -0.288. The Morgan fingerprint density at radius 2 is 2.00 bits per heavy atom. The largest absolute Gasteiger partial charge is 0.368 e. The quantitative estimate of drug-likeness (QED) is 0.936. The predicted molar refractivity (Wildman–Crippen MR) is 82.3 cm³/mol. The first-order valence-electron chi connectivity index (χ1n) is 6.77. The van der Waals surface area contributed by atoms with Crippen LogP contribution in [0.15, 0.2) is 42.5 Å². The van der Waals surface area contributed by atoms with Crippen LogP contribution >= 0.6 is 0 Å². The summed E-state index contributed by atoms with van der Waals surface area (Å²) in [6, 6.07) is 14.1. The Bertz CT molecular complexity index is 674. The molecular weight excluding hydrogens is 265 g/mol. The van der Waals surface area contributed by atoms with Crippen molar-refractivity contribution in [1.82, 2.24) is 0 Å². The molecule has 0 saturated heterocycles. The molecule has 0 heterocycles. The molecule has 0 radical (unpaired) electrons. The fourth-order valence-electron chi connectivity index (χ4n) is 2.39. The fourth-order valence-corrected chi connectivity index (χ4v) is 2.39. The third kappa shape index (κ3) is 3.39. The monoisotopic (exact) mass is 283 g/mol. The smallest absolute Gasteiger partial charge is 0.146 e. The molecule has 2 N–H and O–H groups in total. The number of nitrogens with zero attached hydrogens (tertiary/aromatic N) is 2. The summed E-state index contributed by atoms with van der Waals surface area (Å²) in [5, 5.41) is 8.93. The standard InChI is InChI=1S/C17H18FN3/c1-12(20)15-7-4-8-16(18)17(15)21(2)11-14-6-3-5-13(9-14)10-19/h3-9,12H,11,20H2,1-2H3. The number of benzene rings is 2. The highest BCUT2D eigenvalue weighted by Crippen LogP contribution is 2.28. The van der Waals surface area contributed by atoms with Crippen LogP contribution in [-0.4, -0.2) is 7.05 Å². The van der Waals surface area contributed by atoms with Gasteiger partial charge in [-0.15, -0.1) is 0 Å². The van der Waals surface area contributed by atoms with Gasteiger partial charge >= 0.3 is 0 Å². The van der Waals surface area contributed by atoms with Crippen LogP contribution in [0.4, 0.5) is 10.1 Å². The van der Waals surface area contributed by atoms with Gasteiger partial charge in [-0.25, -0.2) is 4.39 Å². The third-order valence-corrected chi connectivity index (χ3v) is 3.37. The minimum Gasteiger partial charge on any atom is -0.368 e. The summed E-state index contributed by atoms with van der Waals surface area (Å²) < 4.78 is 14.2. The molecule has 0 spiro atoms. The molecule has 2 aromatic carbocycles. The maximum atomic E-state index is 14.2. The Labute approximate surface area is 124 Å². The van der Waals surface area contributed by atoms with Gasteiger partial charge in [0.25, 0.3) is 0 Å². The third-order valence-electron chi connectivity index (χ3n) is 3.37. The van der Waals surface area contributed by atoms with Crippen molar-refractivity contribution < 1.29 is 4.39 Å². The van der Waals surface area contributed by atoms with E-state index >= 15 is 0 Å². The Morgan fingerprint density at radius 1 is 1.29 bits per heavy atom. The van der Waals surface area contributed by atoms with Gasteiger partial charge in [0.05, 0.1) is 17.3 Å². The lowest BCUT2D eigenvalue weighted by molar-refractivity contribution is 0.616. The first-order chi connectivity index (χ1) is 10.0. The van der Waals surface area contributed by atoms with E-state index in [0.717, 1.165) is 11.1 Å². The first-order valence-corrected chi connectivity index (χ1v) is 6.77. The van der Waals surface area contributed by atoms with Crippen LogP contribution in [0.5, 0.6) is 0 Å². The van der Waals surface area contributed by atoms with Gasteiger partial charge in [-0.2, -0.15) is 5.26 Å². The molecule has 108 valence electrons. The summed E-state index contributed by atoms with van der Waals surface area (Å²) in [5.41, 5.74) is 8.76. The second kappa shape index (κ2) is 6.38. The molecular formula is C17H18FN3. The first kappa shape index (κ1) is 15.0. The second-order valence-corrected chi connectivity index (χ2v) is 5.13. The number of nitriles is 1. The van der Waals surface area contributed by atoms with E-state index < -0.39 is 0 Å². The summed E-state index contributed by atoms with van der Waals surface area (Å²) in [6.07, 6.45) is 0. The SMILES string of the molecule is CC(N)c1cccc(F)c1N(C)Cc1cccc(C#N)c1. The Kier molecular flexibility index (Phi) is 4.56. The van der Waals surface area contributed by atoms with Crippen molar-refractivity contribution in [2.75, 3.05) is 11.9 Å². The molecule has 0 amide bonds. The number of hydrogen-bond donors (Lipinski definition) is 1. The van der Waals surface area contributed by atoms with Crippen LogP contribution in [0.1, 0.15) is 29.7 Å². The molecule has 2 aromatic rings. The van der Waals surface area contributed by atoms with Gasteiger partial charge in [-0.3, -0.25) is 0 Å². The molecule has 0 bridgehead atoms. The summed E-state index contributed by atoms with van der Waals surface area (Å²) in [4.78, 5) is 1.82. The lowest BCUT2D eigenvalue weighted by atomic mass is 10.0. The van der Waals surface area contributed by atoms with E-state index in [1.807, 2.05) is 43.1 Å². The number of nitrogens with two attached hydrogens (primary N) is 1. The zero-order valence-electron chi connectivity index (χ0n) is 12.2. The summed E-state index contributed by atoms with van der Waals surface area (Å²) in [7, 11) is 1.82. The number of para-hydroxylation sites is 1. The topological polar surface area (TPSA) is 53.0 Å². The van der Waals surface area contributed by atoms with E-state index in [0.29, 0.717) is 17.8 Å². The maximum absolute atomic E-state index is 14.2. The normalized spacial score (nSPS) is 11.8. The van der Waals surface area contributed by atoms with Gasteiger partial charge in [0.2, 0.25) is 0 Å². The van der Waals surface area contributed by atoms with Crippen molar-refractivity contribution in [3.05, 3.63) is 65.0 Å². The van der Waals surface area contributed by atoms with Gasteiger partial charge in [-0.05, 0) is 36.2 Å². The number of halogens is 1. The molecule has 1 unspecified atom stereocenters. The van der Waals surface area contributed by atoms with Crippen LogP contribution in [0, 0.1) is 17.1 Å². The molecule has 0 saturated carbocycles. The molecule has 4 heteroatoms. The van der Waals surface area contributed by atoms with E-state index in [9.17, 15) is 4.39 Å². The van der Waals surface area contributed by atoms with E-state index in [1.54, 1.807) is 12.1 Å². The Hall–Kier alpha value is -2.38. The average molecular weight is 283 g/mol. The molecule has 3 nitrogen and oxygen atoms in total. The van der Waals surface area contributed by atoms with Gasteiger partial charge in [-0.1, -0.05) is 24.3 Å². The van der Waals surface area contributed by atoms with Crippen LogP contribution in [0.2, 0.25) is 0 Å². The lowest BCUT2D eigenvalue weighted by Crippen LogP contribution is -2.21. The van der Waals surface area contributed by atoms with E-state index in [1.165, 1.54) is 6.07 Å². The van der Waals surface area contributed by atoms with Crippen LogP contribution in [0.3, 0.4) is 0 Å². The minimum atomic E-state index is -0.288. The minimum absolute atomic E-state index is 0.247. The van der Waals surface area contributed by atoms with Gasteiger partial charge < -0.3 is 10.6 Å². The highest BCUT2D eigenvalue weighted by molar-refractivity contribution is 5.56. The maximum Gasteiger partial charge on any atom is 0.146 e. The highest BCUT2D eigenvalue weighted by atomic mass is 19.1. The summed E-state index contributed by atoms with van der Waals surface area (Å²) >= 11 is 0. The van der Waals surface area contributed by atoms with Crippen LogP contribution in [0.25, 0.3) is 0 Å². The van der Waals surface area contributed by atoms with Crippen molar-refractivity contribution in [1.29, 1.82) is 5.26 Å². The number of anilines is 1. The molecule has 0 aliphatic carbocycles. The second-order valence-electron chi connectivity index (χ2n) is 5.13. The van der Waals surface area contributed by atoms with Gasteiger partial charge in [0, 0.05) is 19.6 Å². The van der Waals surface area contributed by atoms with Crippen LogP contribution in [-0.2, 0) is 6.54 Å². The Morgan fingerprint density at radius 3 is 2.67 bits per heavy atom. The van der Waals surface area contributed by atoms with E-state index in [4.69, 9.17) is 11.0 Å². The molecule has 2 rings (SSSR count). The van der Waals surface area contributed by atoms with Crippen molar-refractivity contribution in [3.63, 3.8) is 0 Å². The van der Waals surface area contributed by atoms with Crippen molar-refractivity contribution in [3.8, 4) is 6.07 Å². The predicted octanol–water partition coefficient (Wildman–Crippen LogP) is 3.35. The molecule has 1 atom stereocenters.